The molecule has 4 rings (SSSR count). The van der Waals surface area contributed by atoms with Gasteiger partial charge in [0.15, 0.2) is 0 Å². The second-order valence-electron chi connectivity index (χ2n) is 8.43. The van der Waals surface area contributed by atoms with Gasteiger partial charge in [-0.15, -0.1) is 0 Å². The molecule has 1 aliphatic heterocycles. The number of carbonyl (C=O) groups excluding carboxylic acids is 1. The molecule has 180 valence electrons. The van der Waals surface area contributed by atoms with Crippen molar-refractivity contribution >= 4 is 28.7 Å². The maximum Gasteiger partial charge on any atom is 0.407 e. The molecule has 0 unspecified atom stereocenters. The zero-order valence-corrected chi connectivity index (χ0v) is 19.1. The highest BCUT2D eigenvalue weighted by Crippen LogP contribution is 2.28. The van der Waals surface area contributed by atoms with Crippen LogP contribution in [0.25, 0.3) is 11.0 Å². The number of pyridine rings is 1. The molecule has 0 bridgehead atoms. The van der Waals surface area contributed by atoms with Crippen LogP contribution in [-0.2, 0) is 6.54 Å². The van der Waals surface area contributed by atoms with E-state index in [4.69, 9.17) is 5.11 Å². The van der Waals surface area contributed by atoms with Crippen molar-refractivity contribution < 1.29 is 23.5 Å². The Kier molecular flexibility index (Phi) is 6.67. The number of hydrogen-bond acceptors (Lipinski definition) is 4. The van der Waals surface area contributed by atoms with Gasteiger partial charge in [-0.1, -0.05) is 6.92 Å². The Labute approximate surface area is 195 Å². The molecule has 0 radical (unpaired) electrons. The zero-order chi connectivity index (χ0) is 24.4. The average Bonchev–Trinajstić information content (AvgIpc) is 3.26. The molecule has 1 aromatic carbocycles. The normalized spacial score (nSPS) is 14.9. The van der Waals surface area contributed by atoms with E-state index >= 15 is 0 Å². The second kappa shape index (κ2) is 9.66. The minimum Gasteiger partial charge on any atom is -0.465 e. The van der Waals surface area contributed by atoms with Crippen molar-refractivity contribution in [2.45, 2.75) is 26.3 Å². The Morgan fingerprint density at radius 3 is 2.56 bits per heavy atom. The standard InChI is InChI=1S/C24H27F2N5O3/c1-3-29-5-4-16-10-17(14-27-22(16)29)23(32)28-13-15(2)18-11-20(26)21(12-19(18)25)30-6-8-31(9-7-30)24(33)34/h4-5,10-12,14-15H,3,6-9,13H2,1-2H3,(H,28,32)(H,33,34)/t15-/m0/s1. The molecular formula is C24H27F2N5O3. The summed E-state index contributed by atoms with van der Waals surface area (Å²) < 4.78 is 31.7. The van der Waals surface area contributed by atoms with Crippen LogP contribution in [0, 0.1) is 11.6 Å². The Morgan fingerprint density at radius 2 is 1.88 bits per heavy atom. The number of halogens is 2. The second-order valence-corrected chi connectivity index (χ2v) is 8.43. The van der Waals surface area contributed by atoms with Crippen molar-refractivity contribution in [2.75, 3.05) is 37.6 Å². The van der Waals surface area contributed by atoms with E-state index in [1.807, 2.05) is 23.8 Å². The van der Waals surface area contributed by atoms with Crippen LogP contribution < -0.4 is 10.2 Å². The van der Waals surface area contributed by atoms with Gasteiger partial charge in [0.1, 0.15) is 17.3 Å². The highest BCUT2D eigenvalue weighted by atomic mass is 19.1. The number of benzene rings is 1. The van der Waals surface area contributed by atoms with Crippen molar-refractivity contribution in [3.8, 4) is 0 Å². The number of anilines is 1. The molecule has 0 saturated carbocycles. The summed E-state index contributed by atoms with van der Waals surface area (Å²) in [4.78, 5) is 30.9. The molecule has 1 saturated heterocycles. The molecule has 34 heavy (non-hydrogen) atoms. The number of hydrogen-bond donors (Lipinski definition) is 2. The fourth-order valence-electron chi connectivity index (χ4n) is 4.23. The van der Waals surface area contributed by atoms with Crippen molar-refractivity contribution in [1.82, 2.24) is 19.8 Å². The summed E-state index contributed by atoms with van der Waals surface area (Å²) in [5.74, 6) is -1.94. The van der Waals surface area contributed by atoms with Gasteiger partial charge in [0.05, 0.1) is 11.3 Å². The number of fused-ring (bicyclic) bond motifs is 1. The molecule has 1 atom stereocenters. The lowest BCUT2D eigenvalue weighted by atomic mass is 9.99. The van der Waals surface area contributed by atoms with Gasteiger partial charge in [0.25, 0.3) is 5.91 Å². The Balaban J connectivity index is 1.41. The van der Waals surface area contributed by atoms with E-state index in [9.17, 15) is 18.4 Å². The summed E-state index contributed by atoms with van der Waals surface area (Å²) in [6.07, 6.45) is 2.40. The summed E-state index contributed by atoms with van der Waals surface area (Å²) in [5, 5.41) is 12.7. The van der Waals surface area contributed by atoms with Crippen molar-refractivity contribution in [3.63, 3.8) is 0 Å². The smallest absolute Gasteiger partial charge is 0.407 e. The van der Waals surface area contributed by atoms with E-state index in [0.717, 1.165) is 29.7 Å². The molecule has 3 heterocycles. The number of nitrogens with one attached hydrogen (secondary N) is 1. The van der Waals surface area contributed by atoms with Crippen LogP contribution in [0.3, 0.4) is 0 Å². The third-order valence-corrected chi connectivity index (χ3v) is 6.26. The van der Waals surface area contributed by atoms with Gasteiger partial charge < -0.3 is 24.8 Å². The van der Waals surface area contributed by atoms with Crippen LogP contribution in [0.4, 0.5) is 19.3 Å². The van der Waals surface area contributed by atoms with E-state index in [1.165, 1.54) is 11.1 Å². The van der Waals surface area contributed by atoms with Crippen LogP contribution in [0.5, 0.6) is 0 Å². The van der Waals surface area contributed by atoms with Gasteiger partial charge in [0.2, 0.25) is 0 Å². The molecule has 2 N–H and O–H groups in total. The number of rotatable bonds is 6. The number of aromatic nitrogens is 2. The van der Waals surface area contributed by atoms with Gasteiger partial charge in [-0.25, -0.2) is 18.6 Å². The lowest BCUT2D eigenvalue weighted by molar-refractivity contribution is 0.0951. The topological polar surface area (TPSA) is 90.7 Å². The van der Waals surface area contributed by atoms with Crippen LogP contribution in [0.2, 0.25) is 0 Å². The third kappa shape index (κ3) is 4.66. The summed E-state index contributed by atoms with van der Waals surface area (Å²) >= 11 is 0. The lowest BCUT2D eigenvalue weighted by Crippen LogP contribution is -2.48. The van der Waals surface area contributed by atoms with Gasteiger partial charge in [0, 0.05) is 69.0 Å². The van der Waals surface area contributed by atoms with Gasteiger partial charge in [-0.05, 0) is 30.7 Å². The molecular weight excluding hydrogens is 444 g/mol. The Bertz CT molecular complexity index is 1220. The number of aryl methyl sites for hydroxylation is 1. The van der Waals surface area contributed by atoms with Crippen LogP contribution in [0.1, 0.15) is 35.7 Å². The quantitative estimate of drug-likeness (QED) is 0.573. The maximum absolute atomic E-state index is 14.9. The van der Waals surface area contributed by atoms with E-state index in [-0.39, 0.29) is 49.9 Å². The number of carboxylic acid groups (broad SMARTS) is 1. The first-order valence-electron chi connectivity index (χ1n) is 11.2. The fraction of sp³-hybridized carbons (Fsp3) is 0.375. The molecule has 1 fully saturated rings. The van der Waals surface area contributed by atoms with Gasteiger partial charge >= 0.3 is 6.09 Å². The summed E-state index contributed by atoms with van der Waals surface area (Å²) in [6.45, 7) is 5.65. The number of amides is 2. The first-order valence-corrected chi connectivity index (χ1v) is 11.2. The highest BCUT2D eigenvalue weighted by Gasteiger charge is 2.24. The molecule has 2 aromatic heterocycles. The fourth-order valence-corrected chi connectivity index (χ4v) is 4.23. The minimum atomic E-state index is -1.02. The number of carbonyl (C=O) groups is 2. The molecule has 2 amide bonds. The van der Waals surface area contributed by atoms with Crippen LogP contribution >= 0.6 is 0 Å². The van der Waals surface area contributed by atoms with E-state index < -0.39 is 23.6 Å². The molecule has 10 heteroatoms. The monoisotopic (exact) mass is 471 g/mol. The first-order chi connectivity index (χ1) is 16.3. The Hall–Kier alpha value is -3.69. The summed E-state index contributed by atoms with van der Waals surface area (Å²) in [6, 6.07) is 5.96. The Morgan fingerprint density at radius 1 is 1.15 bits per heavy atom. The SMILES string of the molecule is CCn1ccc2cc(C(=O)NC[C@H](C)c3cc(F)c(N4CCN(C(=O)O)CC4)cc3F)cnc21. The molecule has 1 aliphatic rings. The van der Waals surface area contributed by atoms with Gasteiger partial charge in [-0.2, -0.15) is 0 Å². The molecule has 8 nitrogen and oxygen atoms in total. The third-order valence-electron chi connectivity index (χ3n) is 6.26. The van der Waals surface area contributed by atoms with E-state index in [0.29, 0.717) is 5.56 Å². The zero-order valence-electron chi connectivity index (χ0n) is 19.1. The average molecular weight is 472 g/mol. The number of piperazine rings is 1. The molecule has 0 spiro atoms. The van der Waals surface area contributed by atoms with E-state index in [1.54, 1.807) is 17.9 Å². The number of nitrogens with zero attached hydrogens (tertiary/aromatic N) is 4. The van der Waals surface area contributed by atoms with E-state index in [2.05, 4.69) is 10.3 Å². The summed E-state index contributed by atoms with van der Waals surface area (Å²) in [7, 11) is 0. The summed E-state index contributed by atoms with van der Waals surface area (Å²) in [5.41, 5.74) is 1.48. The first kappa shape index (κ1) is 23.5. The highest BCUT2D eigenvalue weighted by molar-refractivity contribution is 5.97. The largest absolute Gasteiger partial charge is 0.465 e. The van der Waals surface area contributed by atoms with Gasteiger partial charge in [-0.3, -0.25) is 4.79 Å². The van der Waals surface area contributed by atoms with Crippen LogP contribution in [-0.4, -0.2) is 64.3 Å². The minimum absolute atomic E-state index is 0.112. The molecule has 3 aromatic rings. The van der Waals surface area contributed by atoms with Crippen molar-refractivity contribution in [2.24, 2.45) is 0 Å². The lowest BCUT2D eigenvalue weighted by Gasteiger charge is -2.35. The van der Waals surface area contributed by atoms with Crippen molar-refractivity contribution in [1.29, 1.82) is 0 Å². The van der Waals surface area contributed by atoms with Crippen molar-refractivity contribution in [3.05, 3.63) is 59.4 Å². The predicted octanol–water partition coefficient (Wildman–Crippen LogP) is 3.67. The predicted molar refractivity (Wildman–Crippen MR) is 124 cm³/mol. The maximum atomic E-state index is 14.9. The van der Waals surface area contributed by atoms with Crippen LogP contribution in [0.15, 0.2) is 36.7 Å². The molecule has 0 aliphatic carbocycles.